The molecule has 262 valence electrons. The molecule has 8 atom stereocenters. The van der Waals surface area contributed by atoms with E-state index < -0.39 is 89.0 Å². The van der Waals surface area contributed by atoms with Crippen LogP contribution >= 0.6 is 0 Å². The van der Waals surface area contributed by atoms with Crippen LogP contribution in [-0.2, 0) is 47.6 Å². The fraction of sp³-hybridized carbons (Fsp3) is 0.486. The Hall–Kier alpha value is -4.55. The second-order valence-electron chi connectivity index (χ2n) is 13.6. The lowest BCUT2D eigenvalue weighted by atomic mass is 9.46. The van der Waals surface area contributed by atoms with Gasteiger partial charge in [-0.25, -0.2) is 9.59 Å². The number of aliphatic hydroxyl groups is 1. The summed E-state index contributed by atoms with van der Waals surface area (Å²) >= 11 is 0. The summed E-state index contributed by atoms with van der Waals surface area (Å²) in [6, 6.07) is 17.1. The predicted octanol–water partition coefficient (Wildman–Crippen LogP) is 3.97. The maximum absolute atomic E-state index is 13.9. The summed E-state index contributed by atoms with van der Waals surface area (Å²) in [5, 5.41) is 12.5. The van der Waals surface area contributed by atoms with Crippen molar-refractivity contribution in [3.63, 3.8) is 0 Å². The SMILES string of the molecule is CC(=O)OC[C@@]12[C@@H](OC(=O)C=Cc3ccccc3)CC[C@](C)(O)[C@]13OC(C)(C)[C@H]([C@@H](OC(C)=O)[C@H]2OC(=O)c1ccccc1)[C@H]3OC(C)=O. The summed E-state index contributed by atoms with van der Waals surface area (Å²) in [6.45, 7) is 7.70. The van der Waals surface area contributed by atoms with Gasteiger partial charge in [-0.2, -0.15) is 0 Å². The van der Waals surface area contributed by atoms with Crippen LogP contribution in [0.25, 0.3) is 6.08 Å². The van der Waals surface area contributed by atoms with Crippen LogP contribution in [0.3, 0.4) is 0 Å². The van der Waals surface area contributed by atoms with E-state index in [1.807, 2.05) is 6.07 Å². The molecule has 12 heteroatoms. The molecule has 12 nitrogen and oxygen atoms in total. The van der Waals surface area contributed by atoms with Crippen LogP contribution in [0.4, 0.5) is 0 Å². The molecule has 0 radical (unpaired) electrons. The fourth-order valence-electron chi connectivity index (χ4n) is 8.14. The Morgan fingerprint density at radius 3 is 2.02 bits per heavy atom. The standard InChI is InChI=1S/C37H42O12/c1-22(38)44-21-36-27(47-28(41)18-17-25-13-9-7-10-14-25)19-20-35(6,43)37(36)31(46-24(3)40)29(34(4,5)49-37)30(45-23(2)39)32(36)48-33(42)26-15-11-8-12-16-26/h7-18,27,29-32,43H,19-21H2,1-6H3/t27-,29+,30+,31+,32+,35-,36-,37-/m0/s1. The summed E-state index contributed by atoms with van der Waals surface area (Å²) < 4.78 is 37.0. The highest BCUT2D eigenvalue weighted by atomic mass is 16.6. The van der Waals surface area contributed by atoms with Gasteiger partial charge in [-0.1, -0.05) is 48.5 Å². The maximum atomic E-state index is 13.9. The number of esters is 5. The average Bonchev–Trinajstić information content (AvgIpc) is 3.23. The topological polar surface area (TPSA) is 161 Å². The van der Waals surface area contributed by atoms with Gasteiger partial charge in [0.2, 0.25) is 0 Å². The average molecular weight is 679 g/mol. The van der Waals surface area contributed by atoms with E-state index in [4.69, 9.17) is 28.4 Å². The number of hydrogen-bond donors (Lipinski definition) is 1. The number of ether oxygens (including phenoxy) is 6. The first kappa shape index (κ1) is 35.7. The van der Waals surface area contributed by atoms with Gasteiger partial charge in [0, 0.05) is 26.8 Å². The minimum atomic E-state index is -2.04. The quantitative estimate of drug-likeness (QED) is 0.231. The van der Waals surface area contributed by atoms with Crippen LogP contribution < -0.4 is 0 Å². The van der Waals surface area contributed by atoms with Crippen molar-refractivity contribution in [2.45, 2.75) is 95.6 Å². The highest BCUT2D eigenvalue weighted by Gasteiger charge is 2.87. The molecule has 2 aromatic carbocycles. The van der Waals surface area contributed by atoms with Gasteiger partial charge in [-0.15, -0.1) is 0 Å². The Morgan fingerprint density at radius 1 is 0.816 bits per heavy atom. The lowest BCUT2D eigenvalue weighted by molar-refractivity contribution is -0.348. The minimum Gasteiger partial charge on any atom is -0.465 e. The van der Waals surface area contributed by atoms with Crippen LogP contribution in [0.15, 0.2) is 66.7 Å². The van der Waals surface area contributed by atoms with Gasteiger partial charge in [0.15, 0.2) is 11.7 Å². The van der Waals surface area contributed by atoms with Gasteiger partial charge >= 0.3 is 29.8 Å². The van der Waals surface area contributed by atoms with Crippen LogP contribution in [-0.4, -0.2) is 82.8 Å². The summed E-state index contributed by atoms with van der Waals surface area (Å²) in [4.78, 5) is 65.7. The molecule has 2 saturated carbocycles. The van der Waals surface area contributed by atoms with Crippen LogP contribution in [0, 0.1) is 11.3 Å². The monoisotopic (exact) mass is 678 g/mol. The van der Waals surface area contributed by atoms with Gasteiger partial charge in [0.05, 0.1) is 22.7 Å². The molecule has 2 bridgehead atoms. The van der Waals surface area contributed by atoms with Crippen molar-refractivity contribution >= 4 is 35.9 Å². The molecule has 2 aliphatic carbocycles. The number of benzene rings is 2. The van der Waals surface area contributed by atoms with Crippen LogP contribution in [0.1, 0.15) is 70.3 Å². The third-order valence-electron chi connectivity index (χ3n) is 9.90. The van der Waals surface area contributed by atoms with Gasteiger partial charge in [-0.05, 0) is 57.4 Å². The van der Waals surface area contributed by atoms with Crippen molar-refractivity contribution < 1.29 is 57.5 Å². The first-order valence-electron chi connectivity index (χ1n) is 16.2. The van der Waals surface area contributed by atoms with Crippen molar-refractivity contribution in [2.24, 2.45) is 11.3 Å². The molecule has 0 amide bonds. The number of carbonyl (C=O) groups excluding carboxylic acids is 5. The van der Waals surface area contributed by atoms with E-state index in [-0.39, 0.29) is 18.4 Å². The normalized spacial score (nSPS) is 32.8. The van der Waals surface area contributed by atoms with Crippen molar-refractivity contribution in [3.8, 4) is 0 Å². The Kier molecular flexibility index (Phi) is 9.77. The smallest absolute Gasteiger partial charge is 0.338 e. The predicted molar refractivity (Wildman–Crippen MR) is 172 cm³/mol. The highest BCUT2D eigenvalue weighted by molar-refractivity contribution is 5.89. The first-order valence-corrected chi connectivity index (χ1v) is 16.2. The van der Waals surface area contributed by atoms with Crippen molar-refractivity contribution in [3.05, 3.63) is 77.9 Å². The molecule has 3 aliphatic rings. The molecule has 1 heterocycles. The van der Waals surface area contributed by atoms with E-state index in [0.29, 0.717) is 0 Å². The fourth-order valence-corrected chi connectivity index (χ4v) is 8.14. The molecule has 2 aromatic rings. The molecule has 1 aliphatic heterocycles. The molecule has 5 rings (SSSR count). The highest BCUT2D eigenvalue weighted by Crippen LogP contribution is 2.69. The van der Waals surface area contributed by atoms with Crippen LogP contribution in [0.2, 0.25) is 0 Å². The van der Waals surface area contributed by atoms with Gasteiger partial charge in [0.25, 0.3) is 0 Å². The van der Waals surface area contributed by atoms with Crippen molar-refractivity contribution in [2.75, 3.05) is 6.61 Å². The van der Waals surface area contributed by atoms with E-state index >= 15 is 0 Å². The van der Waals surface area contributed by atoms with E-state index in [1.54, 1.807) is 62.4 Å². The Bertz CT molecular complexity index is 1620. The van der Waals surface area contributed by atoms with Gasteiger partial charge < -0.3 is 33.5 Å². The van der Waals surface area contributed by atoms with Crippen molar-refractivity contribution in [1.82, 2.24) is 0 Å². The summed E-state index contributed by atoms with van der Waals surface area (Å²) in [6.07, 6.45) is -2.92. The molecule has 3 fully saturated rings. The summed E-state index contributed by atoms with van der Waals surface area (Å²) in [7, 11) is 0. The summed E-state index contributed by atoms with van der Waals surface area (Å²) in [5.74, 6) is -4.88. The molecular formula is C37H42O12. The number of rotatable bonds is 9. The lowest BCUT2D eigenvalue weighted by Crippen LogP contribution is -2.83. The number of carbonyl (C=O) groups is 5. The zero-order valence-electron chi connectivity index (χ0n) is 28.4. The molecular weight excluding hydrogens is 636 g/mol. The number of fused-ring (bicyclic) bond motifs is 1. The zero-order chi connectivity index (χ0) is 35.8. The maximum Gasteiger partial charge on any atom is 0.338 e. The molecule has 0 aromatic heterocycles. The zero-order valence-corrected chi connectivity index (χ0v) is 28.4. The van der Waals surface area contributed by atoms with E-state index in [1.165, 1.54) is 39.0 Å². The Morgan fingerprint density at radius 2 is 1.43 bits per heavy atom. The molecule has 1 spiro atoms. The molecule has 49 heavy (non-hydrogen) atoms. The molecule has 1 N–H and O–H groups in total. The number of hydrogen-bond acceptors (Lipinski definition) is 12. The van der Waals surface area contributed by atoms with E-state index in [0.717, 1.165) is 12.5 Å². The summed E-state index contributed by atoms with van der Waals surface area (Å²) in [5.41, 5.74) is -6.37. The van der Waals surface area contributed by atoms with Gasteiger partial charge in [0.1, 0.15) is 30.3 Å². The second kappa shape index (κ2) is 13.4. The Balaban J connectivity index is 1.78. The molecule has 1 saturated heterocycles. The third kappa shape index (κ3) is 6.35. The molecule has 0 unspecified atom stereocenters. The van der Waals surface area contributed by atoms with E-state index in [9.17, 15) is 29.1 Å². The Labute approximate surface area is 284 Å². The van der Waals surface area contributed by atoms with E-state index in [2.05, 4.69) is 0 Å². The largest absolute Gasteiger partial charge is 0.465 e. The minimum absolute atomic E-state index is 0.0334. The second-order valence-corrected chi connectivity index (χ2v) is 13.6. The van der Waals surface area contributed by atoms with Crippen molar-refractivity contribution in [1.29, 1.82) is 0 Å². The first-order chi connectivity index (χ1) is 23.1. The third-order valence-corrected chi connectivity index (χ3v) is 9.90. The van der Waals surface area contributed by atoms with Gasteiger partial charge in [-0.3, -0.25) is 14.4 Å². The van der Waals surface area contributed by atoms with Crippen LogP contribution in [0.5, 0.6) is 0 Å². The lowest BCUT2D eigenvalue weighted by Gasteiger charge is -2.65.